The van der Waals surface area contributed by atoms with Gasteiger partial charge in [0.15, 0.2) is 10.9 Å². The summed E-state index contributed by atoms with van der Waals surface area (Å²) < 4.78 is 0. The maximum Gasteiger partial charge on any atom is 0.257 e. The molecule has 0 saturated heterocycles. The summed E-state index contributed by atoms with van der Waals surface area (Å²) in [5.41, 5.74) is 1.50. The molecule has 0 radical (unpaired) electrons. The Morgan fingerprint density at radius 1 is 1.29 bits per heavy atom. The predicted molar refractivity (Wildman–Crippen MR) is 83.4 cm³/mol. The lowest BCUT2D eigenvalue weighted by molar-refractivity contribution is 0.100. The summed E-state index contributed by atoms with van der Waals surface area (Å²) in [5.74, 6) is -0.300. The molecule has 0 atom stereocenters. The van der Waals surface area contributed by atoms with Gasteiger partial charge in [0, 0.05) is 23.6 Å². The third-order valence-electron chi connectivity index (χ3n) is 2.75. The maximum atomic E-state index is 12.2. The van der Waals surface area contributed by atoms with Gasteiger partial charge in [-0.25, -0.2) is 9.97 Å². The van der Waals surface area contributed by atoms with E-state index in [0.29, 0.717) is 16.4 Å². The summed E-state index contributed by atoms with van der Waals surface area (Å²) in [6, 6.07) is 3.20. The Hall–Kier alpha value is -1.79. The molecule has 7 heteroatoms. The number of hydrogen-bond donors (Lipinski definition) is 1. The average molecular weight is 324 g/mol. The van der Waals surface area contributed by atoms with Crippen molar-refractivity contribution in [2.24, 2.45) is 0 Å². The molecule has 21 heavy (non-hydrogen) atoms. The number of carbonyl (C=O) groups excluding carboxylic acids is 2. The van der Waals surface area contributed by atoms with Gasteiger partial charge in [0.1, 0.15) is 10.8 Å². The number of carbonyl (C=O) groups is 2. The third-order valence-corrected chi connectivity index (χ3v) is 3.70. The lowest BCUT2D eigenvalue weighted by Gasteiger charge is -2.08. The summed E-state index contributed by atoms with van der Waals surface area (Å²) in [6.45, 7) is 5.37. The summed E-state index contributed by atoms with van der Waals surface area (Å²) in [4.78, 5) is 31.6. The summed E-state index contributed by atoms with van der Waals surface area (Å²) in [7, 11) is 0. The van der Waals surface area contributed by atoms with Crippen LogP contribution in [0.3, 0.4) is 0 Å². The van der Waals surface area contributed by atoms with Crippen molar-refractivity contribution in [1.29, 1.82) is 0 Å². The molecular formula is C14H14ClN3O2S. The molecule has 0 saturated carbocycles. The average Bonchev–Trinajstić information content (AvgIpc) is 2.86. The van der Waals surface area contributed by atoms with Gasteiger partial charge in [-0.3, -0.25) is 14.9 Å². The fourth-order valence-electron chi connectivity index (χ4n) is 1.61. The first kappa shape index (κ1) is 15.6. The molecule has 0 fully saturated rings. The normalized spacial score (nSPS) is 10.7. The van der Waals surface area contributed by atoms with Crippen molar-refractivity contribution in [2.45, 2.75) is 26.7 Å². The van der Waals surface area contributed by atoms with Crippen LogP contribution in [0.2, 0.25) is 5.15 Å². The number of Topliss-reactive ketones (excluding diaryl/α,β-unsaturated/α-hetero) is 1. The van der Waals surface area contributed by atoms with Crippen LogP contribution in [-0.2, 0) is 0 Å². The number of aromatic nitrogens is 2. The van der Waals surface area contributed by atoms with Gasteiger partial charge in [0.25, 0.3) is 5.91 Å². The molecule has 0 aliphatic carbocycles. The van der Waals surface area contributed by atoms with Crippen LogP contribution in [0.25, 0.3) is 0 Å². The second kappa shape index (κ2) is 6.32. The van der Waals surface area contributed by atoms with Gasteiger partial charge in [-0.1, -0.05) is 25.4 Å². The smallest absolute Gasteiger partial charge is 0.257 e. The van der Waals surface area contributed by atoms with E-state index in [1.165, 1.54) is 24.3 Å². The third kappa shape index (κ3) is 3.86. The molecule has 5 nitrogen and oxygen atoms in total. The molecule has 110 valence electrons. The first-order valence-electron chi connectivity index (χ1n) is 6.32. The van der Waals surface area contributed by atoms with Crippen molar-refractivity contribution in [3.63, 3.8) is 0 Å². The number of anilines is 1. The van der Waals surface area contributed by atoms with Crippen molar-refractivity contribution in [3.05, 3.63) is 39.6 Å². The second-order valence-corrected chi connectivity index (χ2v) is 6.05. The van der Waals surface area contributed by atoms with Crippen molar-refractivity contribution in [1.82, 2.24) is 9.97 Å². The Balaban J connectivity index is 2.21. The molecule has 2 heterocycles. The Labute approximate surface area is 131 Å². The lowest BCUT2D eigenvalue weighted by Crippen LogP contribution is -2.13. The van der Waals surface area contributed by atoms with Crippen LogP contribution in [0, 0.1) is 0 Å². The largest absolute Gasteiger partial charge is 0.298 e. The van der Waals surface area contributed by atoms with Crippen LogP contribution in [0.1, 0.15) is 53.2 Å². The zero-order valence-corrected chi connectivity index (χ0v) is 13.4. The summed E-state index contributed by atoms with van der Waals surface area (Å²) in [6.07, 6.45) is 0. The van der Waals surface area contributed by atoms with Crippen molar-refractivity contribution < 1.29 is 9.59 Å². The predicted octanol–water partition coefficient (Wildman–Crippen LogP) is 3.77. The van der Waals surface area contributed by atoms with Crippen LogP contribution in [0.15, 0.2) is 17.5 Å². The highest BCUT2D eigenvalue weighted by Gasteiger charge is 2.14. The molecule has 0 unspecified atom stereocenters. The van der Waals surface area contributed by atoms with Gasteiger partial charge in [0.2, 0.25) is 0 Å². The minimum Gasteiger partial charge on any atom is -0.298 e. The van der Waals surface area contributed by atoms with E-state index in [-0.39, 0.29) is 22.8 Å². The van der Waals surface area contributed by atoms with Crippen LogP contribution in [0.4, 0.5) is 5.13 Å². The Bertz CT molecular complexity index is 697. The highest BCUT2D eigenvalue weighted by molar-refractivity contribution is 7.14. The topological polar surface area (TPSA) is 72.0 Å². The lowest BCUT2D eigenvalue weighted by atomic mass is 10.1. The molecular weight excluding hydrogens is 310 g/mol. The number of pyridine rings is 1. The molecule has 2 aromatic heterocycles. The van der Waals surface area contributed by atoms with E-state index in [1.54, 1.807) is 11.4 Å². The van der Waals surface area contributed by atoms with E-state index >= 15 is 0 Å². The van der Waals surface area contributed by atoms with Gasteiger partial charge in [-0.15, -0.1) is 11.3 Å². The number of nitrogens with one attached hydrogen (secondary N) is 1. The highest BCUT2D eigenvalue weighted by Crippen LogP contribution is 2.20. The van der Waals surface area contributed by atoms with Crippen molar-refractivity contribution >= 4 is 39.8 Å². The molecule has 2 aromatic rings. The van der Waals surface area contributed by atoms with Crippen molar-refractivity contribution in [3.8, 4) is 0 Å². The zero-order valence-electron chi connectivity index (χ0n) is 11.8. The minimum atomic E-state index is -0.328. The Morgan fingerprint density at radius 3 is 2.57 bits per heavy atom. The van der Waals surface area contributed by atoms with Crippen LogP contribution < -0.4 is 5.32 Å². The Morgan fingerprint density at radius 2 is 2.00 bits per heavy atom. The van der Waals surface area contributed by atoms with Crippen LogP contribution in [-0.4, -0.2) is 21.7 Å². The molecule has 0 aromatic carbocycles. The molecule has 2 rings (SSSR count). The Kier molecular flexibility index (Phi) is 4.69. The molecule has 0 aliphatic heterocycles. The zero-order chi connectivity index (χ0) is 15.6. The SMILES string of the molecule is CC(=O)c1csc(NC(=O)c2cc(Cl)nc(C(C)C)c2)n1. The standard InChI is InChI=1S/C14H14ClN3O2S/c1-7(2)10-4-9(5-12(15)16-10)13(20)18-14-17-11(6-21-14)8(3)19/h4-7H,1-3H3,(H,17,18,20). The number of ketones is 1. The maximum absolute atomic E-state index is 12.2. The number of rotatable bonds is 4. The number of halogens is 1. The molecule has 1 amide bonds. The molecule has 1 N–H and O–H groups in total. The van der Waals surface area contributed by atoms with Gasteiger partial charge in [-0.05, 0) is 18.1 Å². The first-order valence-corrected chi connectivity index (χ1v) is 7.58. The summed E-state index contributed by atoms with van der Waals surface area (Å²) in [5, 5.41) is 4.92. The van der Waals surface area contributed by atoms with Gasteiger partial charge >= 0.3 is 0 Å². The van der Waals surface area contributed by atoms with Crippen molar-refractivity contribution in [2.75, 3.05) is 5.32 Å². The minimum absolute atomic E-state index is 0.138. The highest BCUT2D eigenvalue weighted by atomic mass is 35.5. The van der Waals surface area contributed by atoms with E-state index in [0.717, 1.165) is 5.69 Å². The van der Waals surface area contributed by atoms with Crippen LogP contribution >= 0.6 is 22.9 Å². The monoisotopic (exact) mass is 323 g/mol. The number of amides is 1. The first-order chi connectivity index (χ1) is 9.86. The van der Waals surface area contributed by atoms with E-state index in [2.05, 4.69) is 15.3 Å². The number of hydrogen-bond acceptors (Lipinski definition) is 5. The van der Waals surface area contributed by atoms with Gasteiger partial charge in [0.05, 0.1) is 0 Å². The van der Waals surface area contributed by atoms with E-state index in [1.807, 2.05) is 13.8 Å². The van der Waals surface area contributed by atoms with Crippen LogP contribution in [0.5, 0.6) is 0 Å². The number of thiazole rings is 1. The number of nitrogens with zero attached hydrogens (tertiary/aromatic N) is 2. The summed E-state index contributed by atoms with van der Waals surface area (Å²) >= 11 is 7.14. The van der Waals surface area contributed by atoms with E-state index < -0.39 is 0 Å². The quantitative estimate of drug-likeness (QED) is 0.686. The van der Waals surface area contributed by atoms with E-state index in [9.17, 15) is 9.59 Å². The molecule has 0 spiro atoms. The fourth-order valence-corrected chi connectivity index (χ4v) is 2.57. The fraction of sp³-hybridized carbons (Fsp3) is 0.286. The molecule has 0 aliphatic rings. The molecule has 0 bridgehead atoms. The second-order valence-electron chi connectivity index (χ2n) is 4.81. The van der Waals surface area contributed by atoms with E-state index in [4.69, 9.17) is 11.6 Å². The van der Waals surface area contributed by atoms with Gasteiger partial charge in [-0.2, -0.15) is 0 Å². The van der Waals surface area contributed by atoms with Gasteiger partial charge < -0.3 is 0 Å².